The van der Waals surface area contributed by atoms with Crippen molar-refractivity contribution in [1.82, 2.24) is 0 Å². The van der Waals surface area contributed by atoms with Crippen molar-refractivity contribution in [2.24, 2.45) is 0 Å². The maximum absolute atomic E-state index is 10.9. The molecule has 0 unspecified atom stereocenters. The van der Waals surface area contributed by atoms with Gasteiger partial charge in [-0.2, -0.15) is 0 Å². The van der Waals surface area contributed by atoms with Gasteiger partial charge in [-0.3, -0.25) is 0 Å². The van der Waals surface area contributed by atoms with Crippen LogP contribution in [0.2, 0.25) is 0 Å². The first-order valence-electron chi connectivity index (χ1n) is 9.41. The maximum atomic E-state index is 10.9. The highest BCUT2D eigenvalue weighted by Gasteiger charge is 2.37. The minimum atomic E-state index is -0.213. The van der Waals surface area contributed by atoms with E-state index in [0.29, 0.717) is 5.75 Å². The summed E-state index contributed by atoms with van der Waals surface area (Å²) in [6.07, 6.45) is 0. The third-order valence-corrected chi connectivity index (χ3v) is 7.63. The highest BCUT2D eigenvalue weighted by atomic mass is 32.2. The van der Waals surface area contributed by atoms with Crippen LogP contribution in [0.15, 0.2) is 75.4 Å². The van der Waals surface area contributed by atoms with Crippen LogP contribution in [-0.2, 0) is 16.3 Å². The minimum Gasteiger partial charge on any atom is -0.507 e. The van der Waals surface area contributed by atoms with Gasteiger partial charge in [-0.05, 0) is 56.0 Å². The maximum Gasteiger partial charge on any atom is 0.173 e. The van der Waals surface area contributed by atoms with Gasteiger partial charge in [0.05, 0.1) is 10.9 Å². The largest absolute Gasteiger partial charge is 0.507 e. The monoisotopic (exact) mass is 377 g/mol. The van der Waals surface area contributed by atoms with Gasteiger partial charge in [0.1, 0.15) is 5.75 Å². The molecular formula is C25H29OS+. The van der Waals surface area contributed by atoms with Crippen molar-refractivity contribution in [2.75, 3.05) is 0 Å². The molecule has 0 saturated carbocycles. The molecule has 2 heteroatoms. The van der Waals surface area contributed by atoms with Crippen molar-refractivity contribution in [1.29, 1.82) is 0 Å². The van der Waals surface area contributed by atoms with Crippen LogP contribution >= 0.6 is 0 Å². The van der Waals surface area contributed by atoms with Crippen molar-refractivity contribution in [3.05, 3.63) is 82.9 Å². The fourth-order valence-electron chi connectivity index (χ4n) is 3.82. The Kier molecular flexibility index (Phi) is 5.39. The number of aromatic hydroxyl groups is 1. The fourth-order valence-corrected chi connectivity index (χ4v) is 6.29. The summed E-state index contributed by atoms with van der Waals surface area (Å²) in [7, 11) is -0.213. The van der Waals surface area contributed by atoms with Crippen LogP contribution in [0.5, 0.6) is 5.75 Å². The summed E-state index contributed by atoms with van der Waals surface area (Å²) in [5, 5.41) is 10.9. The van der Waals surface area contributed by atoms with Gasteiger partial charge < -0.3 is 5.11 Å². The average Bonchev–Trinajstić information content (AvgIpc) is 2.64. The molecule has 3 aromatic carbocycles. The molecule has 3 aromatic rings. The summed E-state index contributed by atoms with van der Waals surface area (Å²) in [5.41, 5.74) is 4.33. The van der Waals surface area contributed by atoms with Crippen molar-refractivity contribution in [3.63, 3.8) is 0 Å². The molecule has 27 heavy (non-hydrogen) atoms. The normalized spacial score (nSPS) is 11.8. The third kappa shape index (κ3) is 3.64. The number of hydrogen-bond acceptors (Lipinski definition) is 1. The first-order chi connectivity index (χ1) is 12.7. The van der Waals surface area contributed by atoms with E-state index in [2.05, 4.69) is 95.3 Å². The van der Waals surface area contributed by atoms with E-state index in [-0.39, 0.29) is 16.3 Å². The summed E-state index contributed by atoms with van der Waals surface area (Å²) in [6.45, 7) is 12.9. The zero-order valence-electron chi connectivity index (χ0n) is 17.1. The zero-order chi connectivity index (χ0) is 19.8. The van der Waals surface area contributed by atoms with Gasteiger partial charge in [-0.15, -0.1) is 0 Å². The summed E-state index contributed by atoms with van der Waals surface area (Å²) in [5.74, 6) is 0.450. The van der Waals surface area contributed by atoms with Gasteiger partial charge >= 0.3 is 0 Å². The van der Waals surface area contributed by atoms with Crippen molar-refractivity contribution < 1.29 is 5.11 Å². The number of phenols is 1. The van der Waals surface area contributed by atoms with Gasteiger partial charge in [-0.1, -0.05) is 57.2 Å². The third-order valence-electron chi connectivity index (χ3n) is 5.12. The van der Waals surface area contributed by atoms with Crippen LogP contribution < -0.4 is 0 Å². The number of phenolic OH excluding ortho intramolecular Hbond substituents is 1. The Labute approximate surface area is 166 Å². The predicted octanol–water partition coefficient (Wildman–Crippen LogP) is 6.71. The molecule has 3 rings (SSSR count). The Morgan fingerprint density at radius 1 is 0.667 bits per heavy atom. The summed E-state index contributed by atoms with van der Waals surface area (Å²) < 4.78 is 0. The first-order valence-corrected chi connectivity index (χ1v) is 10.6. The van der Waals surface area contributed by atoms with E-state index in [1.165, 1.54) is 25.8 Å². The smallest absolute Gasteiger partial charge is 0.173 e. The molecule has 0 aliphatic carbocycles. The Morgan fingerprint density at radius 3 is 1.52 bits per heavy atom. The second-order valence-electron chi connectivity index (χ2n) is 8.11. The predicted molar refractivity (Wildman–Crippen MR) is 116 cm³/mol. The van der Waals surface area contributed by atoms with Gasteiger partial charge in [0.25, 0.3) is 0 Å². The molecule has 0 saturated heterocycles. The molecular weight excluding hydrogens is 348 g/mol. The van der Waals surface area contributed by atoms with E-state index in [1.807, 2.05) is 6.92 Å². The molecule has 0 fully saturated rings. The highest BCUT2D eigenvalue weighted by molar-refractivity contribution is 7.97. The molecule has 0 atom stereocenters. The van der Waals surface area contributed by atoms with Gasteiger partial charge in [0.15, 0.2) is 14.7 Å². The molecule has 0 bridgehead atoms. The summed E-state index contributed by atoms with van der Waals surface area (Å²) >= 11 is 0. The Balaban J connectivity index is 2.39. The fraction of sp³-hybridized carbons (Fsp3) is 0.280. The van der Waals surface area contributed by atoms with Crippen molar-refractivity contribution in [2.45, 2.75) is 61.6 Å². The lowest BCUT2D eigenvalue weighted by Crippen LogP contribution is -2.18. The van der Waals surface area contributed by atoms with E-state index < -0.39 is 0 Å². The van der Waals surface area contributed by atoms with Gasteiger partial charge in [0.2, 0.25) is 0 Å². The second kappa shape index (κ2) is 7.44. The van der Waals surface area contributed by atoms with Crippen LogP contribution in [0, 0.1) is 20.8 Å². The molecule has 0 radical (unpaired) electrons. The van der Waals surface area contributed by atoms with E-state index in [9.17, 15) is 5.11 Å². The highest BCUT2D eigenvalue weighted by Crippen LogP contribution is 2.44. The summed E-state index contributed by atoms with van der Waals surface area (Å²) in [6, 6.07) is 21.4. The van der Waals surface area contributed by atoms with E-state index in [1.54, 1.807) is 0 Å². The Morgan fingerprint density at radius 2 is 1.11 bits per heavy atom. The van der Waals surface area contributed by atoms with Crippen LogP contribution in [-0.4, -0.2) is 5.11 Å². The van der Waals surface area contributed by atoms with Gasteiger partial charge in [0, 0.05) is 16.7 Å². The Bertz CT molecular complexity index is 898. The van der Waals surface area contributed by atoms with Crippen molar-refractivity contribution in [3.8, 4) is 5.75 Å². The second-order valence-corrected chi connectivity index (χ2v) is 10.1. The number of rotatable bonds is 3. The molecule has 0 aromatic heterocycles. The molecule has 140 valence electrons. The molecule has 0 amide bonds. The van der Waals surface area contributed by atoms with Crippen LogP contribution in [0.4, 0.5) is 0 Å². The van der Waals surface area contributed by atoms with Crippen LogP contribution in [0.25, 0.3) is 0 Å². The quantitative estimate of drug-likeness (QED) is 0.503. The molecule has 1 N–H and O–H groups in total. The van der Waals surface area contributed by atoms with E-state index >= 15 is 0 Å². The lowest BCUT2D eigenvalue weighted by Gasteiger charge is -2.27. The number of hydrogen-bond donors (Lipinski definition) is 1. The molecule has 1 nitrogen and oxygen atoms in total. The lowest BCUT2D eigenvalue weighted by atomic mass is 9.81. The molecule has 0 spiro atoms. The molecule has 0 aliphatic heterocycles. The topological polar surface area (TPSA) is 20.2 Å². The first kappa shape index (κ1) is 19.6. The standard InChI is InChI=1S/C25H28OS/c1-17-18(2)24(19(3)22(23(17)26)25(4,5)6)27(20-13-9-7-10-14-20)21-15-11-8-12-16-21/h7-16H,1-6H3/p+1. The van der Waals surface area contributed by atoms with E-state index in [4.69, 9.17) is 0 Å². The zero-order valence-corrected chi connectivity index (χ0v) is 17.9. The minimum absolute atomic E-state index is 0.121. The van der Waals surface area contributed by atoms with E-state index in [0.717, 1.165) is 11.1 Å². The van der Waals surface area contributed by atoms with Crippen LogP contribution in [0.3, 0.4) is 0 Å². The Hall–Kier alpha value is -2.19. The lowest BCUT2D eigenvalue weighted by molar-refractivity contribution is 0.439. The average molecular weight is 378 g/mol. The molecule has 0 heterocycles. The SMILES string of the molecule is Cc1c(C)c([S+](c2ccccc2)c2ccccc2)c(C)c(C(C)(C)C)c1O. The number of benzene rings is 3. The van der Waals surface area contributed by atoms with Gasteiger partial charge in [-0.25, -0.2) is 0 Å². The summed E-state index contributed by atoms with van der Waals surface area (Å²) in [4.78, 5) is 3.95. The van der Waals surface area contributed by atoms with Crippen molar-refractivity contribution >= 4 is 10.9 Å². The molecule has 0 aliphatic rings. The van der Waals surface area contributed by atoms with Crippen LogP contribution in [0.1, 0.15) is 43.0 Å².